The van der Waals surface area contributed by atoms with Crippen molar-refractivity contribution in [3.63, 3.8) is 0 Å². The maximum atomic E-state index is 11.5. The Labute approximate surface area is 154 Å². The number of carbonyl (C=O) groups excluding carboxylic acids is 1. The van der Waals surface area contributed by atoms with Gasteiger partial charge in [-0.2, -0.15) is 0 Å². The Balaban J connectivity index is 1.66. The molecule has 0 unspecified atom stereocenters. The van der Waals surface area contributed by atoms with Crippen molar-refractivity contribution in [2.45, 2.75) is 13.1 Å². The van der Waals surface area contributed by atoms with Gasteiger partial charge in [0.2, 0.25) is 0 Å². The molecule has 0 aliphatic carbocycles. The second kappa shape index (κ2) is 8.02. The number of carbonyl (C=O) groups is 1. The van der Waals surface area contributed by atoms with Gasteiger partial charge in [0.1, 0.15) is 5.75 Å². The largest absolute Gasteiger partial charge is 0.497 e. The number of methoxy groups -OCH3 is 2. The lowest BCUT2D eigenvalue weighted by molar-refractivity contribution is 0.0600. The molecule has 3 aromatic rings. The van der Waals surface area contributed by atoms with Crippen LogP contribution in [0.15, 0.2) is 60.7 Å². The average molecular weight is 349 g/mol. The summed E-state index contributed by atoms with van der Waals surface area (Å²) >= 11 is 0. The summed E-state index contributed by atoms with van der Waals surface area (Å²) in [6, 6.07) is 20.2. The molecule has 0 N–H and O–H groups in total. The average Bonchev–Trinajstić information content (AvgIpc) is 2.67. The van der Waals surface area contributed by atoms with Gasteiger partial charge in [0.05, 0.1) is 19.8 Å². The van der Waals surface area contributed by atoms with Crippen LogP contribution in [-0.4, -0.2) is 32.1 Å². The fourth-order valence-corrected chi connectivity index (χ4v) is 3.04. The van der Waals surface area contributed by atoms with Crippen molar-refractivity contribution in [2.75, 3.05) is 21.3 Å². The molecule has 0 atom stereocenters. The van der Waals surface area contributed by atoms with Crippen molar-refractivity contribution in [1.82, 2.24) is 4.90 Å². The van der Waals surface area contributed by atoms with E-state index >= 15 is 0 Å². The lowest BCUT2D eigenvalue weighted by Crippen LogP contribution is -2.17. The van der Waals surface area contributed by atoms with Crippen LogP contribution in [0, 0.1) is 0 Å². The van der Waals surface area contributed by atoms with Crippen LogP contribution < -0.4 is 4.74 Å². The quantitative estimate of drug-likeness (QED) is 0.623. The summed E-state index contributed by atoms with van der Waals surface area (Å²) < 4.78 is 10.0. The number of hydrogen-bond acceptors (Lipinski definition) is 4. The SMILES string of the molecule is COC(=O)c1ccc(CN(C)Cc2ccc3cc(OC)ccc3c2)cc1. The first kappa shape index (κ1) is 18.0. The first-order valence-electron chi connectivity index (χ1n) is 8.51. The Morgan fingerprint density at radius 3 is 2.15 bits per heavy atom. The molecule has 3 rings (SSSR count). The van der Waals surface area contributed by atoms with Crippen LogP contribution in [0.4, 0.5) is 0 Å². The summed E-state index contributed by atoms with van der Waals surface area (Å²) in [5.74, 6) is 0.565. The molecule has 0 heterocycles. The van der Waals surface area contributed by atoms with E-state index in [9.17, 15) is 4.79 Å². The third kappa shape index (κ3) is 4.21. The van der Waals surface area contributed by atoms with Gasteiger partial charge in [-0.05, 0) is 59.3 Å². The van der Waals surface area contributed by atoms with E-state index in [0.29, 0.717) is 5.56 Å². The zero-order valence-electron chi connectivity index (χ0n) is 15.4. The third-order valence-electron chi connectivity index (χ3n) is 4.39. The second-order valence-corrected chi connectivity index (χ2v) is 6.41. The lowest BCUT2D eigenvalue weighted by Gasteiger charge is -2.17. The standard InChI is InChI=1S/C22H23NO3/c1-23(14-16-4-7-18(8-5-16)22(24)26-3)15-17-6-9-20-13-21(25-2)11-10-19(20)12-17/h4-13H,14-15H2,1-3H3. The normalized spacial score (nSPS) is 10.9. The molecule has 0 spiro atoms. The number of benzene rings is 3. The minimum atomic E-state index is -0.308. The summed E-state index contributed by atoms with van der Waals surface area (Å²) in [5, 5.41) is 2.38. The van der Waals surface area contributed by atoms with E-state index in [-0.39, 0.29) is 5.97 Å². The van der Waals surface area contributed by atoms with Gasteiger partial charge in [0.25, 0.3) is 0 Å². The first-order valence-corrected chi connectivity index (χ1v) is 8.51. The molecule has 134 valence electrons. The van der Waals surface area contributed by atoms with Gasteiger partial charge in [-0.15, -0.1) is 0 Å². The van der Waals surface area contributed by atoms with E-state index in [1.165, 1.54) is 23.4 Å². The molecular weight excluding hydrogens is 326 g/mol. The fraction of sp³-hybridized carbons (Fsp3) is 0.227. The predicted molar refractivity (Wildman–Crippen MR) is 103 cm³/mol. The zero-order valence-corrected chi connectivity index (χ0v) is 15.4. The monoisotopic (exact) mass is 349 g/mol. The van der Waals surface area contributed by atoms with Crippen LogP contribution in [0.3, 0.4) is 0 Å². The topological polar surface area (TPSA) is 38.8 Å². The number of nitrogens with zero attached hydrogens (tertiary/aromatic N) is 1. The van der Waals surface area contributed by atoms with Crippen LogP contribution in [0.1, 0.15) is 21.5 Å². The summed E-state index contributed by atoms with van der Waals surface area (Å²) in [6.45, 7) is 1.66. The lowest BCUT2D eigenvalue weighted by atomic mass is 10.1. The van der Waals surface area contributed by atoms with E-state index < -0.39 is 0 Å². The fourth-order valence-electron chi connectivity index (χ4n) is 3.04. The van der Waals surface area contributed by atoms with Gasteiger partial charge in [0.15, 0.2) is 0 Å². The number of rotatable bonds is 6. The molecule has 4 nitrogen and oxygen atoms in total. The van der Waals surface area contributed by atoms with Gasteiger partial charge < -0.3 is 9.47 Å². The molecule has 0 fully saturated rings. The van der Waals surface area contributed by atoms with Gasteiger partial charge >= 0.3 is 5.97 Å². The van der Waals surface area contributed by atoms with Crippen molar-refractivity contribution >= 4 is 16.7 Å². The maximum absolute atomic E-state index is 11.5. The van der Waals surface area contributed by atoms with E-state index in [2.05, 4.69) is 36.2 Å². The van der Waals surface area contributed by atoms with E-state index in [1.54, 1.807) is 19.2 Å². The Kier molecular flexibility index (Phi) is 5.54. The van der Waals surface area contributed by atoms with Crippen molar-refractivity contribution in [1.29, 1.82) is 0 Å². The third-order valence-corrected chi connectivity index (χ3v) is 4.39. The Morgan fingerprint density at radius 2 is 1.46 bits per heavy atom. The highest BCUT2D eigenvalue weighted by Crippen LogP contribution is 2.22. The van der Waals surface area contributed by atoms with Gasteiger partial charge in [0, 0.05) is 13.1 Å². The molecule has 3 aromatic carbocycles. The molecule has 26 heavy (non-hydrogen) atoms. The molecule has 0 saturated heterocycles. The molecule has 0 aliphatic heterocycles. The van der Waals surface area contributed by atoms with Gasteiger partial charge in [-0.1, -0.05) is 30.3 Å². The Morgan fingerprint density at radius 1 is 0.846 bits per heavy atom. The second-order valence-electron chi connectivity index (χ2n) is 6.41. The zero-order chi connectivity index (χ0) is 18.5. The number of ether oxygens (including phenoxy) is 2. The molecule has 0 aliphatic rings. The molecular formula is C22H23NO3. The molecule has 4 heteroatoms. The molecule has 0 radical (unpaired) electrons. The summed E-state index contributed by atoms with van der Waals surface area (Å²) in [7, 11) is 5.16. The predicted octanol–water partition coefficient (Wildman–Crippen LogP) is 4.27. The first-order chi connectivity index (χ1) is 12.6. The van der Waals surface area contributed by atoms with Crippen LogP contribution in [0.25, 0.3) is 10.8 Å². The summed E-state index contributed by atoms with van der Waals surface area (Å²) in [6.07, 6.45) is 0. The highest BCUT2D eigenvalue weighted by molar-refractivity contribution is 5.89. The summed E-state index contributed by atoms with van der Waals surface area (Å²) in [5.41, 5.74) is 2.99. The summed E-state index contributed by atoms with van der Waals surface area (Å²) in [4.78, 5) is 13.7. The van der Waals surface area contributed by atoms with Gasteiger partial charge in [-0.25, -0.2) is 4.79 Å². The van der Waals surface area contributed by atoms with Crippen molar-refractivity contribution in [2.24, 2.45) is 0 Å². The molecule has 0 saturated carbocycles. The van der Waals surface area contributed by atoms with Crippen molar-refractivity contribution < 1.29 is 14.3 Å². The Bertz CT molecular complexity index is 903. The smallest absolute Gasteiger partial charge is 0.337 e. The van der Waals surface area contributed by atoms with E-state index in [4.69, 9.17) is 9.47 Å². The number of hydrogen-bond donors (Lipinski definition) is 0. The van der Waals surface area contributed by atoms with Crippen molar-refractivity contribution in [3.8, 4) is 5.75 Å². The van der Waals surface area contributed by atoms with Crippen LogP contribution in [0.2, 0.25) is 0 Å². The number of fused-ring (bicyclic) bond motifs is 1. The van der Waals surface area contributed by atoms with Gasteiger partial charge in [-0.3, -0.25) is 4.90 Å². The minimum Gasteiger partial charge on any atom is -0.497 e. The minimum absolute atomic E-state index is 0.308. The van der Waals surface area contributed by atoms with Crippen LogP contribution >= 0.6 is 0 Å². The van der Waals surface area contributed by atoms with Crippen LogP contribution in [-0.2, 0) is 17.8 Å². The van der Waals surface area contributed by atoms with E-state index in [1.807, 2.05) is 24.3 Å². The highest BCUT2D eigenvalue weighted by Gasteiger charge is 2.07. The maximum Gasteiger partial charge on any atom is 0.337 e. The highest BCUT2D eigenvalue weighted by atomic mass is 16.5. The molecule has 0 aromatic heterocycles. The number of esters is 1. The van der Waals surface area contributed by atoms with Crippen LogP contribution in [0.5, 0.6) is 5.75 Å². The van der Waals surface area contributed by atoms with Crippen molar-refractivity contribution in [3.05, 3.63) is 77.4 Å². The molecule has 0 bridgehead atoms. The Hall–Kier alpha value is -2.85. The van der Waals surface area contributed by atoms with E-state index in [0.717, 1.165) is 24.4 Å². The molecule has 0 amide bonds.